The minimum Gasteiger partial charge on any atom is -0.310 e. The van der Waals surface area contributed by atoms with Crippen LogP contribution in [0.1, 0.15) is 30.5 Å². The highest BCUT2D eigenvalue weighted by molar-refractivity contribution is 14.1. The lowest BCUT2D eigenvalue weighted by molar-refractivity contribution is 0.507. The van der Waals surface area contributed by atoms with E-state index in [4.69, 9.17) is 0 Å². The topological polar surface area (TPSA) is 12.0 Å². The molecule has 0 aromatic heterocycles. The maximum Gasteiger partial charge on any atom is 0.126 e. The molecule has 0 aliphatic heterocycles. The summed E-state index contributed by atoms with van der Waals surface area (Å²) in [5.74, 6) is -0.756. The zero-order chi connectivity index (χ0) is 15.2. The monoisotopic (exact) mass is 401 g/mol. The smallest absolute Gasteiger partial charge is 0.126 e. The van der Waals surface area contributed by atoms with E-state index < -0.39 is 5.82 Å². The molecule has 0 bridgehead atoms. The molecule has 0 saturated carbocycles. The third-order valence-corrected chi connectivity index (χ3v) is 4.34. The number of halogens is 3. The van der Waals surface area contributed by atoms with Gasteiger partial charge in [-0.3, -0.25) is 0 Å². The average Bonchev–Trinajstić information content (AvgIpc) is 2.48. The zero-order valence-electron chi connectivity index (χ0n) is 11.9. The quantitative estimate of drug-likeness (QED) is 0.683. The summed E-state index contributed by atoms with van der Waals surface area (Å²) >= 11 is 2.28. The Morgan fingerprint density at radius 3 is 2.62 bits per heavy atom. The van der Waals surface area contributed by atoms with Crippen molar-refractivity contribution in [1.29, 1.82) is 0 Å². The second-order valence-corrected chi connectivity index (χ2v) is 6.13. The fraction of sp³-hybridized carbons (Fsp3) is 0.294. The molecule has 2 aromatic carbocycles. The van der Waals surface area contributed by atoms with Crippen molar-refractivity contribution in [2.75, 3.05) is 6.54 Å². The normalized spacial score (nSPS) is 12.4. The summed E-state index contributed by atoms with van der Waals surface area (Å²) in [6, 6.07) is 11.6. The van der Waals surface area contributed by atoms with Gasteiger partial charge in [0.1, 0.15) is 11.6 Å². The van der Waals surface area contributed by atoms with E-state index in [1.54, 1.807) is 0 Å². The first kappa shape index (κ1) is 16.4. The number of benzene rings is 2. The van der Waals surface area contributed by atoms with E-state index in [1.165, 1.54) is 12.1 Å². The van der Waals surface area contributed by atoms with Crippen molar-refractivity contribution in [2.45, 2.75) is 25.8 Å². The minimum atomic E-state index is -0.400. The SMILES string of the molecule is CCCNC(Cc1cc(F)ccc1F)c1ccccc1I. The van der Waals surface area contributed by atoms with Gasteiger partial charge in [0.2, 0.25) is 0 Å². The first-order chi connectivity index (χ1) is 10.1. The number of rotatable bonds is 6. The average molecular weight is 401 g/mol. The van der Waals surface area contributed by atoms with Crippen molar-refractivity contribution < 1.29 is 8.78 Å². The van der Waals surface area contributed by atoms with E-state index in [0.717, 1.165) is 28.2 Å². The molecule has 21 heavy (non-hydrogen) atoms. The second kappa shape index (κ2) is 7.84. The van der Waals surface area contributed by atoms with E-state index in [-0.39, 0.29) is 11.9 Å². The van der Waals surface area contributed by atoms with Crippen molar-refractivity contribution in [3.05, 3.63) is 68.8 Å². The highest BCUT2D eigenvalue weighted by Crippen LogP contribution is 2.25. The summed E-state index contributed by atoms with van der Waals surface area (Å²) < 4.78 is 28.3. The summed E-state index contributed by atoms with van der Waals surface area (Å²) in [6.07, 6.45) is 1.43. The first-order valence-corrected chi connectivity index (χ1v) is 8.11. The molecule has 1 unspecified atom stereocenters. The lowest BCUT2D eigenvalue weighted by Crippen LogP contribution is -2.25. The predicted molar refractivity (Wildman–Crippen MR) is 90.3 cm³/mol. The molecule has 0 radical (unpaired) electrons. The molecule has 0 aliphatic rings. The Bertz CT molecular complexity index is 601. The Labute approximate surface area is 137 Å². The van der Waals surface area contributed by atoms with Gasteiger partial charge in [-0.2, -0.15) is 0 Å². The fourth-order valence-corrected chi connectivity index (χ4v) is 3.05. The van der Waals surface area contributed by atoms with Crippen molar-refractivity contribution in [2.24, 2.45) is 0 Å². The van der Waals surface area contributed by atoms with Gasteiger partial charge in [0.05, 0.1) is 0 Å². The maximum atomic E-state index is 13.9. The number of nitrogens with one attached hydrogen (secondary N) is 1. The van der Waals surface area contributed by atoms with Crippen LogP contribution in [0.5, 0.6) is 0 Å². The van der Waals surface area contributed by atoms with Gasteiger partial charge in [0, 0.05) is 9.61 Å². The van der Waals surface area contributed by atoms with Crippen molar-refractivity contribution >= 4 is 22.6 Å². The Balaban J connectivity index is 2.28. The molecule has 4 heteroatoms. The maximum absolute atomic E-state index is 13.9. The lowest BCUT2D eigenvalue weighted by atomic mass is 9.98. The van der Waals surface area contributed by atoms with Gasteiger partial charge in [-0.15, -0.1) is 0 Å². The van der Waals surface area contributed by atoms with Gasteiger partial charge in [0.25, 0.3) is 0 Å². The van der Waals surface area contributed by atoms with Crippen LogP contribution < -0.4 is 5.32 Å². The summed E-state index contributed by atoms with van der Waals surface area (Å²) in [6.45, 7) is 2.93. The summed E-state index contributed by atoms with van der Waals surface area (Å²) in [4.78, 5) is 0. The standard InChI is InChI=1S/C17H18F2IN/c1-2-9-21-17(14-5-3-4-6-16(14)20)11-12-10-13(18)7-8-15(12)19/h3-8,10,17,21H,2,9,11H2,1H3. The highest BCUT2D eigenvalue weighted by atomic mass is 127. The molecule has 112 valence electrons. The van der Waals surface area contributed by atoms with Gasteiger partial charge < -0.3 is 5.32 Å². The van der Waals surface area contributed by atoms with Crippen LogP contribution in [-0.4, -0.2) is 6.54 Å². The van der Waals surface area contributed by atoms with Gasteiger partial charge in [0.15, 0.2) is 0 Å². The minimum absolute atomic E-state index is 0.0191. The van der Waals surface area contributed by atoms with Crippen molar-refractivity contribution in [3.8, 4) is 0 Å². The molecule has 2 aromatic rings. The fourth-order valence-electron chi connectivity index (χ4n) is 2.29. The first-order valence-electron chi connectivity index (χ1n) is 7.03. The molecular weight excluding hydrogens is 383 g/mol. The van der Waals surface area contributed by atoms with Crippen molar-refractivity contribution in [1.82, 2.24) is 5.32 Å². The Morgan fingerprint density at radius 2 is 1.90 bits per heavy atom. The van der Waals surface area contributed by atoms with Crippen LogP contribution in [0.25, 0.3) is 0 Å². The molecule has 0 aliphatic carbocycles. The van der Waals surface area contributed by atoms with E-state index in [1.807, 2.05) is 24.3 Å². The Hall–Kier alpha value is -1.01. The molecule has 1 atom stereocenters. The molecule has 2 rings (SSSR count). The number of hydrogen-bond acceptors (Lipinski definition) is 1. The Kier molecular flexibility index (Phi) is 6.11. The van der Waals surface area contributed by atoms with Crippen LogP contribution in [0.3, 0.4) is 0 Å². The van der Waals surface area contributed by atoms with Gasteiger partial charge in [-0.05, 0) is 77.4 Å². The van der Waals surface area contributed by atoms with Crippen LogP contribution in [0.15, 0.2) is 42.5 Å². The van der Waals surface area contributed by atoms with Crippen molar-refractivity contribution in [3.63, 3.8) is 0 Å². The van der Waals surface area contributed by atoms with Crippen LogP contribution in [-0.2, 0) is 6.42 Å². The Morgan fingerprint density at radius 1 is 1.14 bits per heavy atom. The third-order valence-electron chi connectivity index (χ3n) is 3.35. The largest absolute Gasteiger partial charge is 0.310 e. The molecule has 1 nitrogen and oxygen atoms in total. The molecular formula is C17H18F2IN. The van der Waals surface area contributed by atoms with Crippen LogP contribution in [0.2, 0.25) is 0 Å². The van der Waals surface area contributed by atoms with E-state index >= 15 is 0 Å². The summed E-state index contributed by atoms with van der Waals surface area (Å²) in [7, 11) is 0. The van der Waals surface area contributed by atoms with E-state index in [2.05, 4.69) is 34.8 Å². The third kappa shape index (κ3) is 4.48. The van der Waals surface area contributed by atoms with Crippen LogP contribution >= 0.6 is 22.6 Å². The summed E-state index contributed by atoms with van der Waals surface area (Å²) in [5.41, 5.74) is 1.53. The van der Waals surface area contributed by atoms with Gasteiger partial charge in [-0.25, -0.2) is 8.78 Å². The molecule has 0 spiro atoms. The molecule has 1 N–H and O–H groups in total. The number of hydrogen-bond donors (Lipinski definition) is 1. The van der Waals surface area contributed by atoms with Crippen LogP contribution in [0.4, 0.5) is 8.78 Å². The lowest BCUT2D eigenvalue weighted by Gasteiger charge is -2.21. The zero-order valence-corrected chi connectivity index (χ0v) is 14.0. The van der Waals surface area contributed by atoms with E-state index in [9.17, 15) is 8.78 Å². The molecule has 0 fully saturated rings. The van der Waals surface area contributed by atoms with Crippen LogP contribution in [0, 0.1) is 15.2 Å². The second-order valence-electron chi connectivity index (χ2n) is 4.97. The van der Waals surface area contributed by atoms with Gasteiger partial charge >= 0.3 is 0 Å². The molecule has 0 saturated heterocycles. The molecule has 0 amide bonds. The van der Waals surface area contributed by atoms with Gasteiger partial charge in [-0.1, -0.05) is 25.1 Å². The predicted octanol–water partition coefficient (Wildman–Crippen LogP) is 4.85. The molecule has 0 heterocycles. The van der Waals surface area contributed by atoms with E-state index in [0.29, 0.717) is 12.0 Å². The highest BCUT2D eigenvalue weighted by Gasteiger charge is 2.16. The summed E-state index contributed by atoms with van der Waals surface area (Å²) in [5, 5.41) is 3.43.